The quantitative estimate of drug-likeness (QED) is 0.842. The van der Waals surface area contributed by atoms with E-state index in [0.717, 1.165) is 48.4 Å². The van der Waals surface area contributed by atoms with Crippen LogP contribution in [0.2, 0.25) is 0 Å². The molecule has 2 aromatic carbocycles. The van der Waals surface area contributed by atoms with Crippen LogP contribution in [0.15, 0.2) is 53.4 Å². The monoisotopic (exact) mass is 319 g/mol. The maximum Gasteiger partial charge on any atom is 0.238 e. The van der Waals surface area contributed by atoms with Crippen LogP contribution in [0.3, 0.4) is 0 Å². The number of rotatable bonds is 5. The lowest BCUT2D eigenvalue weighted by molar-refractivity contribution is -0.120. The Bertz CT molecular complexity index is 674. The number of nitrogens with one attached hydrogen (secondary N) is 1. The summed E-state index contributed by atoms with van der Waals surface area (Å²) in [7, 11) is 0. The van der Waals surface area contributed by atoms with Crippen molar-refractivity contribution >= 4 is 17.7 Å². The summed E-state index contributed by atoms with van der Waals surface area (Å²) in [4.78, 5) is 12.6. The Morgan fingerprint density at radius 2 is 1.86 bits per heavy atom. The number of thioether (sulfide) groups is 1. The van der Waals surface area contributed by atoms with Crippen molar-refractivity contribution in [2.75, 3.05) is 0 Å². The molecule has 1 aliphatic rings. The van der Waals surface area contributed by atoms with Gasteiger partial charge in [-0.05, 0) is 36.6 Å². The SMILES string of the molecule is O=C(NC1CC1)[C@H](Sc1cc(F)ccc1F)c1ccccc1. The van der Waals surface area contributed by atoms with Crippen LogP contribution in [0.25, 0.3) is 0 Å². The number of amides is 1. The van der Waals surface area contributed by atoms with Gasteiger partial charge in [-0.2, -0.15) is 0 Å². The van der Waals surface area contributed by atoms with Gasteiger partial charge in [-0.15, -0.1) is 11.8 Å². The van der Waals surface area contributed by atoms with Crippen LogP contribution in [-0.4, -0.2) is 11.9 Å². The van der Waals surface area contributed by atoms with Crippen molar-refractivity contribution in [1.82, 2.24) is 5.32 Å². The number of carbonyl (C=O) groups is 1. The molecule has 1 amide bonds. The van der Waals surface area contributed by atoms with E-state index in [2.05, 4.69) is 5.32 Å². The van der Waals surface area contributed by atoms with Crippen molar-refractivity contribution in [1.29, 1.82) is 0 Å². The van der Waals surface area contributed by atoms with E-state index >= 15 is 0 Å². The molecule has 1 aliphatic carbocycles. The largest absolute Gasteiger partial charge is 0.352 e. The molecule has 2 nitrogen and oxygen atoms in total. The molecule has 114 valence electrons. The Labute approximate surface area is 131 Å². The summed E-state index contributed by atoms with van der Waals surface area (Å²) in [5.74, 6) is -1.20. The fraction of sp³-hybridized carbons (Fsp3) is 0.235. The van der Waals surface area contributed by atoms with E-state index in [4.69, 9.17) is 0 Å². The predicted molar refractivity (Wildman–Crippen MR) is 82.6 cm³/mol. The van der Waals surface area contributed by atoms with Crippen molar-refractivity contribution in [3.05, 3.63) is 65.7 Å². The highest BCUT2D eigenvalue weighted by atomic mass is 32.2. The van der Waals surface area contributed by atoms with E-state index < -0.39 is 16.9 Å². The van der Waals surface area contributed by atoms with Crippen LogP contribution in [0, 0.1) is 11.6 Å². The second-order valence-corrected chi connectivity index (χ2v) is 6.41. The minimum atomic E-state index is -0.599. The minimum absolute atomic E-state index is 0.139. The van der Waals surface area contributed by atoms with Gasteiger partial charge in [-0.25, -0.2) is 8.78 Å². The van der Waals surface area contributed by atoms with Gasteiger partial charge in [0, 0.05) is 10.9 Å². The minimum Gasteiger partial charge on any atom is -0.352 e. The number of hydrogen-bond donors (Lipinski definition) is 1. The Kier molecular flexibility index (Phi) is 4.43. The predicted octanol–water partition coefficient (Wildman–Crippen LogP) is 4.08. The molecule has 1 fully saturated rings. The Morgan fingerprint density at radius 1 is 1.14 bits per heavy atom. The number of hydrogen-bond acceptors (Lipinski definition) is 2. The maximum atomic E-state index is 13.9. The zero-order valence-corrected chi connectivity index (χ0v) is 12.6. The fourth-order valence-electron chi connectivity index (χ4n) is 2.10. The van der Waals surface area contributed by atoms with Gasteiger partial charge in [0.1, 0.15) is 16.9 Å². The molecule has 22 heavy (non-hydrogen) atoms. The van der Waals surface area contributed by atoms with Gasteiger partial charge in [-0.3, -0.25) is 4.79 Å². The lowest BCUT2D eigenvalue weighted by Gasteiger charge is -2.17. The third-order valence-corrected chi connectivity index (χ3v) is 4.69. The molecule has 0 aromatic heterocycles. The van der Waals surface area contributed by atoms with Gasteiger partial charge in [0.25, 0.3) is 0 Å². The highest BCUT2D eigenvalue weighted by Crippen LogP contribution is 2.37. The Morgan fingerprint density at radius 3 is 2.55 bits per heavy atom. The smallest absolute Gasteiger partial charge is 0.238 e. The number of carbonyl (C=O) groups excluding carboxylic acids is 1. The van der Waals surface area contributed by atoms with E-state index in [1.54, 1.807) is 0 Å². The van der Waals surface area contributed by atoms with Crippen molar-refractivity contribution < 1.29 is 13.6 Å². The summed E-state index contributed by atoms with van der Waals surface area (Å²) in [5, 5.41) is 2.33. The first-order valence-electron chi connectivity index (χ1n) is 7.10. The first-order chi connectivity index (χ1) is 10.6. The zero-order chi connectivity index (χ0) is 15.5. The molecule has 5 heteroatoms. The average Bonchev–Trinajstić information content (AvgIpc) is 3.33. The Balaban J connectivity index is 1.87. The number of halogens is 2. The normalized spacial score (nSPS) is 15.4. The lowest BCUT2D eigenvalue weighted by atomic mass is 10.1. The molecule has 0 bridgehead atoms. The van der Waals surface area contributed by atoms with Crippen molar-refractivity contribution in [2.24, 2.45) is 0 Å². The summed E-state index contributed by atoms with van der Waals surface area (Å²) in [6, 6.07) is 12.6. The molecule has 1 saturated carbocycles. The first-order valence-corrected chi connectivity index (χ1v) is 7.98. The molecular weight excluding hydrogens is 304 g/mol. The summed E-state index contributed by atoms with van der Waals surface area (Å²) in [6.45, 7) is 0. The molecule has 0 aliphatic heterocycles. The van der Waals surface area contributed by atoms with Gasteiger partial charge in [0.2, 0.25) is 5.91 Å². The molecule has 0 saturated heterocycles. The molecule has 0 heterocycles. The summed E-state index contributed by atoms with van der Waals surface area (Å²) >= 11 is 1.03. The number of benzene rings is 2. The van der Waals surface area contributed by atoms with Crippen molar-refractivity contribution in [3.63, 3.8) is 0 Å². The molecular formula is C17H15F2NOS. The first kappa shape index (κ1) is 15.0. The molecule has 3 rings (SSSR count). The molecule has 1 N–H and O–H groups in total. The van der Waals surface area contributed by atoms with Gasteiger partial charge in [0.05, 0.1) is 0 Å². The van der Waals surface area contributed by atoms with Crippen molar-refractivity contribution in [3.8, 4) is 0 Å². The molecule has 0 unspecified atom stereocenters. The molecule has 0 radical (unpaired) electrons. The fourth-order valence-corrected chi connectivity index (χ4v) is 3.18. The molecule has 2 aromatic rings. The third kappa shape index (κ3) is 3.65. The van der Waals surface area contributed by atoms with Gasteiger partial charge in [0.15, 0.2) is 0 Å². The van der Waals surface area contributed by atoms with Crippen LogP contribution in [0.1, 0.15) is 23.7 Å². The second-order valence-electron chi connectivity index (χ2n) is 5.27. The molecule has 1 atom stereocenters. The summed E-state index contributed by atoms with van der Waals surface area (Å²) in [6.07, 6.45) is 1.96. The van der Waals surface area contributed by atoms with E-state index in [9.17, 15) is 13.6 Å². The highest BCUT2D eigenvalue weighted by molar-refractivity contribution is 8.00. The van der Waals surface area contributed by atoms with Gasteiger partial charge in [-0.1, -0.05) is 30.3 Å². The summed E-state index contributed by atoms with van der Waals surface area (Å²) < 4.78 is 27.2. The van der Waals surface area contributed by atoms with Crippen LogP contribution in [0.5, 0.6) is 0 Å². The van der Waals surface area contributed by atoms with Crippen LogP contribution in [-0.2, 0) is 4.79 Å². The average molecular weight is 319 g/mol. The molecule has 0 spiro atoms. The zero-order valence-electron chi connectivity index (χ0n) is 11.8. The highest BCUT2D eigenvalue weighted by Gasteiger charge is 2.29. The second kappa shape index (κ2) is 6.48. The van der Waals surface area contributed by atoms with E-state index in [-0.39, 0.29) is 16.8 Å². The Hall–Kier alpha value is -1.88. The summed E-state index contributed by atoms with van der Waals surface area (Å²) in [5.41, 5.74) is 0.773. The van der Waals surface area contributed by atoms with Gasteiger partial charge < -0.3 is 5.32 Å². The maximum absolute atomic E-state index is 13.9. The van der Waals surface area contributed by atoms with E-state index in [1.165, 1.54) is 0 Å². The van der Waals surface area contributed by atoms with Crippen LogP contribution in [0.4, 0.5) is 8.78 Å². The van der Waals surface area contributed by atoms with E-state index in [0.29, 0.717) is 0 Å². The third-order valence-electron chi connectivity index (χ3n) is 3.40. The van der Waals surface area contributed by atoms with Gasteiger partial charge >= 0.3 is 0 Å². The van der Waals surface area contributed by atoms with E-state index in [1.807, 2.05) is 30.3 Å². The van der Waals surface area contributed by atoms with Crippen LogP contribution < -0.4 is 5.32 Å². The van der Waals surface area contributed by atoms with Crippen LogP contribution >= 0.6 is 11.8 Å². The topological polar surface area (TPSA) is 29.1 Å². The standard InChI is InChI=1S/C17H15F2NOS/c18-12-6-9-14(19)15(10-12)22-16(11-4-2-1-3-5-11)17(21)20-13-7-8-13/h1-6,9-10,13,16H,7-8H2,(H,20,21)/t16-/m1/s1. The lowest BCUT2D eigenvalue weighted by Crippen LogP contribution is -2.29. The van der Waals surface area contributed by atoms with Crippen molar-refractivity contribution in [2.45, 2.75) is 29.0 Å².